The fraction of sp³-hybridized carbons (Fsp3) is 0.692. The molecule has 0 spiro atoms. The molecule has 38 heavy (non-hydrogen) atoms. The maximum atomic E-state index is 12.8. The molecular formula is C26H41N3O8S. The maximum absolute atomic E-state index is 12.8. The van der Waals surface area contributed by atoms with Crippen molar-refractivity contribution in [2.45, 2.75) is 81.9 Å². The molecule has 3 fully saturated rings. The second-order valence-electron chi connectivity index (χ2n) is 10.7. The summed E-state index contributed by atoms with van der Waals surface area (Å²) in [5.41, 5.74) is 7.25. The number of amides is 2. The molecular weight excluding hydrogens is 514 g/mol. The van der Waals surface area contributed by atoms with Gasteiger partial charge in [-0.15, -0.1) is 0 Å². The van der Waals surface area contributed by atoms with Crippen LogP contribution >= 0.6 is 0 Å². The van der Waals surface area contributed by atoms with Crippen molar-refractivity contribution in [3.8, 4) is 0 Å². The predicted molar refractivity (Wildman–Crippen MR) is 141 cm³/mol. The summed E-state index contributed by atoms with van der Waals surface area (Å²) in [6.45, 7) is 1.56. The standard InChI is InChI=1S/C26H39N3O4.H2O4S/c27-25(32)20-8-4-7-19(13-20)21-14-22-9-10-23(15-21)29(22)12-11-28(26(33)24(31)17-30)16-18-5-2-1-3-6-18;1-5(2,3)4/h4,7-8,13,18,21-24,30-31H,1-3,5-6,9-12,14-17H2,(H2,27,32);(H2,1,2,3,4)/t21-,22+,23-,24-;/m0./s1. The molecule has 6 N–H and O–H groups in total. The van der Waals surface area contributed by atoms with E-state index >= 15 is 0 Å². The van der Waals surface area contributed by atoms with Crippen LogP contribution in [-0.4, -0.2) is 93.8 Å². The molecule has 2 aliphatic heterocycles. The smallest absolute Gasteiger partial charge is 0.393 e. The van der Waals surface area contributed by atoms with Crippen LogP contribution in [0.1, 0.15) is 79.6 Å². The highest BCUT2D eigenvalue weighted by Crippen LogP contribution is 2.43. The Morgan fingerprint density at radius 2 is 1.66 bits per heavy atom. The maximum Gasteiger partial charge on any atom is 0.394 e. The minimum atomic E-state index is -4.67. The molecule has 12 heteroatoms. The first-order valence-corrected chi connectivity index (χ1v) is 14.8. The molecule has 2 bridgehead atoms. The molecule has 0 aromatic heterocycles. The summed E-state index contributed by atoms with van der Waals surface area (Å²) < 4.78 is 31.6. The van der Waals surface area contributed by atoms with E-state index in [1.807, 2.05) is 12.1 Å². The molecule has 1 aromatic rings. The Morgan fingerprint density at radius 3 is 2.21 bits per heavy atom. The third-order valence-corrected chi connectivity index (χ3v) is 8.13. The van der Waals surface area contributed by atoms with E-state index in [1.165, 1.54) is 24.8 Å². The number of benzene rings is 1. The average molecular weight is 556 g/mol. The number of carbonyl (C=O) groups is 2. The molecule has 0 unspecified atom stereocenters. The molecule has 2 saturated heterocycles. The van der Waals surface area contributed by atoms with E-state index in [-0.39, 0.29) is 11.8 Å². The number of carbonyl (C=O) groups excluding carboxylic acids is 2. The van der Waals surface area contributed by atoms with E-state index < -0.39 is 23.1 Å². The van der Waals surface area contributed by atoms with Crippen LogP contribution in [0.3, 0.4) is 0 Å². The predicted octanol–water partition coefficient (Wildman–Crippen LogP) is 1.61. The average Bonchev–Trinajstić information content (AvgIpc) is 3.11. The summed E-state index contributed by atoms with van der Waals surface area (Å²) in [6.07, 6.45) is 9.06. The van der Waals surface area contributed by atoms with Crippen LogP contribution in [0.5, 0.6) is 0 Å². The normalized spacial score (nSPS) is 24.8. The second-order valence-corrected chi connectivity index (χ2v) is 11.6. The van der Waals surface area contributed by atoms with Gasteiger partial charge in [-0.25, -0.2) is 0 Å². The van der Waals surface area contributed by atoms with Crippen LogP contribution in [0.15, 0.2) is 24.3 Å². The number of rotatable bonds is 9. The molecule has 11 nitrogen and oxygen atoms in total. The zero-order chi connectivity index (χ0) is 27.9. The summed E-state index contributed by atoms with van der Waals surface area (Å²) in [7, 11) is -4.67. The Kier molecular flexibility index (Phi) is 11.1. The van der Waals surface area contributed by atoms with Crippen LogP contribution < -0.4 is 5.73 Å². The number of aliphatic hydroxyl groups is 2. The van der Waals surface area contributed by atoms with Crippen molar-refractivity contribution >= 4 is 22.2 Å². The second kappa shape index (κ2) is 13.8. The first kappa shape index (κ1) is 30.5. The zero-order valence-corrected chi connectivity index (χ0v) is 22.5. The van der Waals surface area contributed by atoms with Crippen LogP contribution in [0.4, 0.5) is 0 Å². The van der Waals surface area contributed by atoms with E-state index in [9.17, 15) is 19.8 Å². The first-order chi connectivity index (χ1) is 18.0. The van der Waals surface area contributed by atoms with Gasteiger partial charge in [-0.1, -0.05) is 31.4 Å². The van der Waals surface area contributed by atoms with Crippen LogP contribution in [0.25, 0.3) is 0 Å². The van der Waals surface area contributed by atoms with E-state index in [2.05, 4.69) is 11.0 Å². The van der Waals surface area contributed by atoms with Crippen molar-refractivity contribution in [2.24, 2.45) is 11.7 Å². The fourth-order valence-electron chi connectivity index (χ4n) is 6.36. The third kappa shape index (κ3) is 8.99. The Labute approximate surface area is 224 Å². The zero-order valence-electron chi connectivity index (χ0n) is 21.7. The number of aliphatic hydroxyl groups excluding tert-OH is 2. The minimum Gasteiger partial charge on any atom is -0.393 e. The van der Waals surface area contributed by atoms with Crippen molar-refractivity contribution in [1.82, 2.24) is 9.80 Å². The lowest BCUT2D eigenvalue weighted by Crippen LogP contribution is -2.50. The molecule has 1 saturated carbocycles. The van der Waals surface area contributed by atoms with Gasteiger partial charge in [-0.05, 0) is 68.1 Å². The summed E-state index contributed by atoms with van der Waals surface area (Å²) in [6, 6.07) is 8.69. The lowest BCUT2D eigenvalue weighted by Gasteiger charge is -2.40. The van der Waals surface area contributed by atoms with Crippen molar-refractivity contribution in [3.63, 3.8) is 0 Å². The van der Waals surface area contributed by atoms with Gasteiger partial charge in [0.15, 0.2) is 6.10 Å². The van der Waals surface area contributed by atoms with Crippen molar-refractivity contribution < 1.29 is 37.3 Å². The van der Waals surface area contributed by atoms with Crippen LogP contribution in [0.2, 0.25) is 0 Å². The highest BCUT2D eigenvalue weighted by molar-refractivity contribution is 7.79. The van der Waals surface area contributed by atoms with Gasteiger partial charge in [-0.3, -0.25) is 23.6 Å². The molecule has 3 aliphatic rings. The molecule has 2 amide bonds. The molecule has 0 radical (unpaired) electrons. The van der Waals surface area contributed by atoms with Crippen molar-refractivity contribution in [2.75, 3.05) is 26.2 Å². The molecule has 1 aromatic carbocycles. The number of fused-ring (bicyclic) bond motifs is 2. The Balaban J connectivity index is 0.000000732. The largest absolute Gasteiger partial charge is 0.394 e. The van der Waals surface area contributed by atoms with Gasteiger partial charge >= 0.3 is 10.4 Å². The summed E-state index contributed by atoms with van der Waals surface area (Å²) >= 11 is 0. The Hall–Kier alpha value is -2.09. The van der Waals surface area contributed by atoms with Gasteiger partial charge in [0.1, 0.15) is 0 Å². The van der Waals surface area contributed by atoms with Gasteiger partial charge in [0.05, 0.1) is 6.61 Å². The van der Waals surface area contributed by atoms with E-state index in [0.717, 1.165) is 45.1 Å². The van der Waals surface area contributed by atoms with Crippen LogP contribution in [0, 0.1) is 5.92 Å². The fourth-order valence-corrected chi connectivity index (χ4v) is 6.36. The quantitative estimate of drug-likeness (QED) is 0.283. The lowest BCUT2D eigenvalue weighted by molar-refractivity contribution is -0.143. The monoisotopic (exact) mass is 555 g/mol. The molecule has 2 heterocycles. The van der Waals surface area contributed by atoms with Gasteiger partial charge in [-0.2, -0.15) is 8.42 Å². The number of hydrogen-bond acceptors (Lipinski definition) is 7. The number of piperidine rings is 1. The summed E-state index contributed by atoms with van der Waals surface area (Å²) in [5, 5.41) is 19.3. The van der Waals surface area contributed by atoms with Crippen molar-refractivity contribution in [1.29, 1.82) is 0 Å². The first-order valence-electron chi connectivity index (χ1n) is 13.4. The lowest BCUT2D eigenvalue weighted by atomic mass is 9.84. The number of nitrogens with two attached hydrogens (primary N) is 1. The van der Waals surface area contributed by atoms with Crippen LogP contribution in [-0.2, 0) is 15.2 Å². The van der Waals surface area contributed by atoms with Crippen molar-refractivity contribution in [3.05, 3.63) is 35.4 Å². The minimum absolute atomic E-state index is 0.339. The molecule has 4 rings (SSSR count). The van der Waals surface area contributed by atoms with Gasteiger partial charge in [0.25, 0.3) is 5.91 Å². The SMILES string of the molecule is NC(=O)c1cccc([C@H]2C[C@H]3CC[C@@H](C2)N3CCN(CC2CCCCC2)C(=O)[C@@H](O)CO)c1.O=S(=O)(O)O. The van der Waals surface area contributed by atoms with Gasteiger partial charge < -0.3 is 20.8 Å². The molecule has 4 atom stereocenters. The Morgan fingerprint density at radius 1 is 1.05 bits per heavy atom. The topological polar surface area (TPSA) is 182 Å². The van der Waals surface area contributed by atoms with Gasteiger partial charge in [0.2, 0.25) is 5.91 Å². The van der Waals surface area contributed by atoms with E-state index in [1.54, 1.807) is 11.0 Å². The summed E-state index contributed by atoms with van der Waals surface area (Å²) in [5.74, 6) is 0.196. The number of primary amides is 1. The Bertz CT molecular complexity index is 1020. The van der Waals surface area contributed by atoms with E-state index in [4.69, 9.17) is 23.3 Å². The number of nitrogens with zero attached hydrogens (tertiary/aromatic N) is 2. The molecule has 1 aliphatic carbocycles. The molecule has 214 valence electrons. The van der Waals surface area contributed by atoms with Gasteiger partial charge in [0, 0.05) is 37.3 Å². The summed E-state index contributed by atoms with van der Waals surface area (Å²) in [4.78, 5) is 28.7. The number of hydrogen-bond donors (Lipinski definition) is 5. The third-order valence-electron chi connectivity index (χ3n) is 8.13. The highest BCUT2D eigenvalue weighted by atomic mass is 32.3. The highest BCUT2D eigenvalue weighted by Gasteiger charge is 2.41. The van der Waals surface area contributed by atoms with E-state index in [0.29, 0.717) is 42.6 Å².